The Kier molecular flexibility index (Phi) is 16.0. The van der Waals surface area contributed by atoms with Gasteiger partial charge in [0.05, 0.1) is 75.1 Å². The molecule has 0 spiro atoms. The molecule has 1 unspecified atom stereocenters. The fourth-order valence-electron chi connectivity index (χ4n) is 8.41. The molecule has 0 bridgehead atoms. The van der Waals surface area contributed by atoms with Gasteiger partial charge in [-0.15, -0.1) is 0 Å². The smallest absolute Gasteiger partial charge is 0.264 e. The van der Waals surface area contributed by atoms with Gasteiger partial charge in [-0.1, -0.05) is 6.07 Å². The second-order valence-electron chi connectivity index (χ2n) is 16.9. The third-order valence-electron chi connectivity index (χ3n) is 12.1. The standard InChI is InChI=1S/C48H57N9O10/c58-42-15-13-40(46(61)56-42)57-47(62)36-2-1-3-38(43(36)48(57)63)50-18-20-64-22-24-66-26-27-67-25-23-65-21-19-51-44(59)30-4-7-33(8-5-30)54-45(60)35-12-11-34(28-39(35)52-32-9-10-32)53-41-14-6-31-29-49-17-16-37(31)55-41/h1-3,6,11-12,14,16-17,28-30,32-33,40,50,52H,4-5,7-10,13,15,18-27H2,(H,51,59)(H,53,55)(H,54,60)(H,56,58,61). The summed E-state index contributed by atoms with van der Waals surface area (Å²) in [6.07, 6.45) is 8.63. The molecular formula is C48H57N9O10. The Balaban J connectivity index is 0.629. The lowest BCUT2D eigenvalue weighted by Gasteiger charge is -2.28. The molecule has 4 heterocycles. The largest absolute Gasteiger partial charge is 0.382 e. The average Bonchev–Trinajstić information content (AvgIpc) is 4.11. The Morgan fingerprint density at radius 2 is 1.45 bits per heavy atom. The highest BCUT2D eigenvalue weighted by molar-refractivity contribution is 6.25. The lowest BCUT2D eigenvalue weighted by Crippen LogP contribution is -2.54. The maximum absolute atomic E-state index is 13.5. The molecule has 2 aromatic heterocycles. The van der Waals surface area contributed by atoms with Crippen LogP contribution in [-0.2, 0) is 33.3 Å². The molecule has 2 saturated carbocycles. The van der Waals surface area contributed by atoms with Crippen molar-refractivity contribution >= 4 is 69.2 Å². The molecule has 19 heteroatoms. The molecule has 354 valence electrons. The van der Waals surface area contributed by atoms with E-state index in [0.29, 0.717) is 102 Å². The number of hydrogen-bond donors (Lipinski definition) is 6. The quantitative estimate of drug-likeness (QED) is 0.0431. The van der Waals surface area contributed by atoms with E-state index in [9.17, 15) is 28.8 Å². The molecule has 6 amide bonds. The summed E-state index contributed by atoms with van der Waals surface area (Å²) >= 11 is 0. The van der Waals surface area contributed by atoms with E-state index >= 15 is 0 Å². The lowest BCUT2D eigenvalue weighted by molar-refractivity contribution is -0.136. The minimum atomic E-state index is -1.02. The number of nitrogens with one attached hydrogen (secondary N) is 6. The molecule has 67 heavy (non-hydrogen) atoms. The fourth-order valence-corrected chi connectivity index (χ4v) is 8.41. The summed E-state index contributed by atoms with van der Waals surface area (Å²) in [5, 5.41) is 19.4. The molecule has 4 aliphatic rings. The maximum atomic E-state index is 13.5. The summed E-state index contributed by atoms with van der Waals surface area (Å²) in [5.74, 6) is -1.72. The third-order valence-corrected chi connectivity index (χ3v) is 12.1. The first-order chi connectivity index (χ1) is 32.7. The lowest BCUT2D eigenvalue weighted by atomic mass is 9.85. The highest BCUT2D eigenvalue weighted by Crippen LogP contribution is 2.33. The zero-order valence-electron chi connectivity index (χ0n) is 37.3. The van der Waals surface area contributed by atoms with Gasteiger partial charge in [-0.05, 0) is 93.5 Å². The van der Waals surface area contributed by atoms with E-state index in [-0.39, 0.29) is 47.7 Å². The molecular weight excluding hydrogens is 863 g/mol. The number of piperidine rings is 1. The van der Waals surface area contributed by atoms with Gasteiger partial charge in [0.2, 0.25) is 17.7 Å². The minimum absolute atomic E-state index is 0.00669. The van der Waals surface area contributed by atoms with Gasteiger partial charge in [-0.25, -0.2) is 4.98 Å². The van der Waals surface area contributed by atoms with Crippen LogP contribution < -0.4 is 31.9 Å². The summed E-state index contributed by atoms with van der Waals surface area (Å²) in [4.78, 5) is 86.3. The third kappa shape index (κ3) is 12.5. The molecule has 1 saturated heterocycles. The normalized spacial score (nSPS) is 19.2. The zero-order chi connectivity index (χ0) is 46.5. The molecule has 2 aliphatic carbocycles. The number of anilines is 4. The number of carbonyl (C=O) groups excluding carboxylic acids is 6. The topological polar surface area (TPSA) is 241 Å². The van der Waals surface area contributed by atoms with E-state index in [4.69, 9.17) is 18.9 Å². The summed E-state index contributed by atoms with van der Waals surface area (Å²) in [6, 6.07) is 15.7. The summed E-state index contributed by atoms with van der Waals surface area (Å²) in [7, 11) is 0. The van der Waals surface area contributed by atoms with Crippen molar-refractivity contribution < 1.29 is 47.7 Å². The van der Waals surface area contributed by atoms with Gasteiger partial charge in [0.1, 0.15) is 11.9 Å². The number of rotatable bonds is 24. The molecule has 0 radical (unpaired) electrons. The van der Waals surface area contributed by atoms with Crippen molar-refractivity contribution in [3.8, 4) is 0 Å². The predicted octanol–water partition coefficient (Wildman–Crippen LogP) is 3.93. The first kappa shape index (κ1) is 47.0. The molecule has 8 rings (SSSR count). The van der Waals surface area contributed by atoms with Gasteiger partial charge in [0, 0.05) is 72.4 Å². The van der Waals surface area contributed by atoms with Gasteiger partial charge >= 0.3 is 0 Å². The van der Waals surface area contributed by atoms with Crippen LogP contribution in [0.1, 0.15) is 82.4 Å². The number of hydrogen-bond acceptors (Lipinski definition) is 15. The van der Waals surface area contributed by atoms with Crippen LogP contribution in [0.2, 0.25) is 0 Å². The number of fused-ring (bicyclic) bond motifs is 2. The van der Waals surface area contributed by atoms with Crippen molar-refractivity contribution in [2.75, 3.05) is 81.9 Å². The molecule has 3 fully saturated rings. The second-order valence-corrected chi connectivity index (χ2v) is 16.9. The minimum Gasteiger partial charge on any atom is -0.382 e. The van der Waals surface area contributed by atoms with Crippen molar-refractivity contribution in [1.82, 2.24) is 30.8 Å². The zero-order valence-corrected chi connectivity index (χ0v) is 37.3. The Bertz CT molecular complexity index is 2440. The van der Waals surface area contributed by atoms with E-state index in [1.807, 2.05) is 36.4 Å². The van der Waals surface area contributed by atoms with E-state index < -0.39 is 29.7 Å². The Hall–Kier alpha value is -6.54. The molecule has 2 aliphatic heterocycles. The number of nitrogens with zero attached hydrogens (tertiary/aromatic N) is 3. The first-order valence-corrected chi connectivity index (χ1v) is 23.1. The first-order valence-electron chi connectivity index (χ1n) is 23.1. The van der Waals surface area contributed by atoms with Crippen molar-refractivity contribution in [3.05, 3.63) is 83.7 Å². The fraction of sp³-hybridized carbons (Fsp3) is 0.458. The van der Waals surface area contributed by atoms with Crippen molar-refractivity contribution in [3.63, 3.8) is 0 Å². The van der Waals surface area contributed by atoms with Crippen LogP contribution in [0.4, 0.5) is 22.9 Å². The van der Waals surface area contributed by atoms with Gasteiger partial charge in [0.25, 0.3) is 17.7 Å². The number of aromatic nitrogens is 2. The maximum Gasteiger partial charge on any atom is 0.264 e. The van der Waals surface area contributed by atoms with Crippen LogP contribution >= 0.6 is 0 Å². The van der Waals surface area contributed by atoms with Gasteiger partial charge < -0.3 is 45.5 Å². The predicted molar refractivity (Wildman–Crippen MR) is 247 cm³/mol. The Labute approximate surface area is 387 Å². The molecule has 19 nitrogen and oxygen atoms in total. The van der Waals surface area contributed by atoms with Crippen molar-refractivity contribution in [2.45, 2.75) is 69.5 Å². The number of benzene rings is 2. The molecule has 2 aromatic carbocycles. The van der Waals surface area contributed by atoms with Crippen LogP contribution in [0.3, 0.4) is 0 Å². The Morgan fingerprint density at radius 1 is 0.731 bits per heavy atom. The SMILES string of the molecule is O=C1CCC(N2C(=O)c3cccc(NCCOCCOCCOCCOCCNC(=O)C4CCC(NC(=O)c5ccc(Nc6ccc7cnccc7n6)cc5NC5CC5)CC4)c3C2=O)C(=O)N1. The number of imide groups is 2. The van der Waals surface area contributed by atoms with E-state index in [1.54, 1.807) is 30.6 Å². The summed E-state index contributed by atoms with van der Waals surface area (Å²) in [6.45, 7) is 3.71. The monoisotopic (exact) mass is 919 g/mol. The number of ether oxygens (including phenoxy) is 4. The van der Waals surface area contributed by atoms with Gasteiger partial charge in [-0.2, -0.15) is 0 Å². The number of pyridine rings is 2. The second kappa shape index (κ2) is 22.8. The van der Waals surface area contributed by atoms with Crippen LogP contribution in [0.15, 0.2) is 67.0 Å². The van der Waals surface area contributed by atoms with Crippen molar-refractivity contribution in [1.29, 1.82) is 0 Å². The van der Waals surface area contributed by atoms with Crippen LogP contribution in [0, 0.1) is 5.92 Å². The van der Waals surface area contributed by atoms with E-state index in [2.05, 4.69) is 41.9 Å². The molecule has 6 N–H and O–H groups in total. The Morgan fingerprint density at radius 3 is 2.18 bits per heavy atom. The summed E-state index contributed by atoms with van der Waals surface area (Å²) < 4.78 is 22.4. The van der Waals surface area contributed by atoms with E-state index in [1.165, 1.54) is 0 Å². The number of amides is 6. The van der Waals surface area contributed by atoms with Crippen LogP contribution in [-0.4, -0.2) is 134 Å². The summed E-state index contributed by atoms with van der Waals surface area (Å²) in [5.41, 5.74) is 3.93. The van der Waals surface area contributed by atoms with Gasteiger partial charge in [0.15, 0.2) is 0 Å². The number of carbonyl (C=O) groups is 6. The van der Waals surface area contributed by atoms with E-state index in [0.717, 1.165) is 52.9 Å². The molecule has 4 aromatic rings. The highest BCUT2D eigenvalue weighted by Gasteiger charge is 2.45. The average molecular weight is 920 g/mol. The van der Waals surface area contributed by atoms with Crippen LogP contribution in [0.5, 0.6) is 0 Å². The van der Waals surface area contributed by atoms with Crippen molar-refractivity contribution in [2.24, 2.45) is 5.92 Å². The molecule has 1 atom stereocenters. The van der Waals surface area contributed by atoms with Crippen LogP contribution in [0.25, 0.3) is 10.9 Å². The van der Waals surface area contributed by atoms with Gasteiger partial charge in [-0.3, -0.25) is 44.0 Å². The highest BCUT2D eigenvalue weighted by atomic mass is 16.6.